The van der Waals surface area contributed by atoms with Crippen LogP contribution < -0.4 is 4.72 Å². The van der Waals surface area contributed by atoms with Gasteiger partial charge in [0, 0.05) is 17.3 Å². The van der Waals surface area contributed by atoms with Gasteiger partial charge in [-0.05, 0) is 54.6 Å². The summed E-state index contributed by atoms with van der Waals surface area (Å²) in [6, 6.07) is 19.4. The highest BCUT2D eigenvalue weighted by Gasteiger charge is 2.16. The molecule has 1 heterocycles. The van der Waals surface area contributed by atoms with Gasteiger partial charge in [-0.25, -0.2) is 12.8 Å². The molecule has 0 aliphatic rings. The van der Waals surface area contributed by atoms with Crippen LogP contribution in [0, 0.1) is 5.82 Å². The monoisotopic (exact) mass is 400 g/mol. The van der Waals surface area contributed by atoms with Gasteiger partial charge in [0.2, 0.25) is 0 Å². The van der Waals surface area contributed by atoms with E-state index in [2.05, 4.69) is 4.72 Å². The molecule has 3 aromatic carbocycles. The number of sulfonamides is 1. The molecule has 4 aromatic rings. The van der Waals surface area contributed by atoms with Crippen molar-refractivity contribution < 1.29 is 12.8 Å². The van der Waals surface area contributed by atoms with E-state index in [1.54, 1.807) is 42.5 Å². The maximum atomic E-state index is 13.2. The van der Waals surface area contributed by atoms with E-state index in [4.69, 9.17) is 11.6 Å². The Kier molecular flexibility index (Phi) is 4.37. The molecule has 0 unspecified atom stereocenters. The summed E-state index contributed by atoms with van der Waals surface area (Å²) < 4.78 is 42.6. The SMILES string of the molecule is O=S(=O)(Nc1cc2ccn(-c3ccc(F)cc3)c2cc1Cl)c1ccccc1. The number of nitrogens with zero attached hydrogens (tertiary/aromatic N) is 1. The lowest BCUT2D eigenvalue weighted by atomic mass is 10.2. The Morgan fingerprint density at radius 2 is 1.63 bits per heavy atom. The minimum Gasteiger partial charge on any atom is -0.317 e. The van der Waals surface area contributed by atoms with Gasteiger partial charge in [-0.3, -0.25) is 4.72 Å². The molecule has 7 heteroatoms. The number of aromatic nitrogens is 1. The molecule has 1 N–H and O–H groups in total. The summed E-state index contributed by atoms with van der Waals surface area (Å²) in [4.78, 5) is 0.157. The van der Waals surface area contributed by atoms with Gasteiger partial charge in [0.15, 0.2) is 0 Å². The third-order valence-corrected chi connectivity index (χ3v) is 5.88. The van der Waals surface area contributed by atoms with Gasteiger partial charge in [0.1, 0.15) is 5.82 Å². The van der Waals surface area contributed by atoms with E-state index >= 15 is 0 Å². The van der Waals surface area contributed by atoms with Crippen LogP contribution in [0.25, 0.3) is 16.6 Å². The lowest BCUT2D eigenvalue weighted by molar-refractivity contribution is 0.601. The van der Waals surface area contributed by atoms with E-state index < -0.39 is 10.0 Å². The molecule has 4 nitrogen and oxygen atoms in total. The predicted molar refractivity (Wildman–Crippen MR) is 105 cm³/mol. The Labute approximate surface area is 160 Å². The van der Waals surface area contributed by atoms with Crippen molar-refractivity contribution in [2.75, 3.05) is 4.72 Å². The van der Waals surface area contributed by atoms with Gasteiger partial charge in [-0.2, -0.15) is 0 Å². The lowest BCUT2D eigenvalue weighted by Gasteiger charge is -2.11. The summed E-state index contributed by atoms with van der Waals surface area (Å²) in [5, 5.41) is 1.07. The highest BCUT2D eigenvalue weighted by atomic mass is 35.5. The molecule has 136 valence electrons. The van der Waals surface area contributed by atoms with Crippen LogP contribution in [-0.2, 0) is 10.0 Å². The van der Waals surface area contributed by atoms with Crippen molar-refractivity contribution in [1.29, 1.82) is 0 Å². The largest absolute Gasteiger partial charge is 0.317 e. The first-order chi connectivity index (χ1) is 12.9. The molecule has 4 rings (SSSR count). The van der Waals surface area contributed by atoms with Gasteiger partial charge in [-0.1, -0.05) is 29.8 Å². The van der Waals surface area contributed by atoms with E-state index in [0.717, 1.165) is 16.6 Å². The van der Waals surface area contributed by atoms with Crippen molar-refractivity contribution in [3.63, 3.8) is 0 Å². The first-order valence-electron chi connectivity index (χ1n) is 8.08. The van der Waals surface area contributed by atoms with Crippen LogP contribution in [0.4, 0.5) is 10.1 Å². The van der Waals surface area contributed by atoms with Crippen LogP contribution in [0.2, 0.25) is 5.02 Å². The fraction of sp³-hybridized carbons (Fsp3) is 0. The molecule has 0 saturated carbocycles. The van der Waals surface area contributed by atoms with Gasteiger partial charge < -0.3 is 4.57 Å². The van der Waals surface area contributed by atoms with Crippen molar-refractivity contribution in [3.05, 3.63) is 89.8 Å². The molecule has 1 aromatic heterocycles. The zero-order valence-corrected chi connectivity index (χ0v) is 15.5. The van der Waals surface area contributed by atoms with E-state index in [-0.39, 0.29) is 15.7 Å². The quantitative estimate of drug-likeness (QED) is 0.510. The number of hydrogen-bond donors (Lipinski definition) is 1. The molecule has 0 bridgehead atoms. The number of halogens is 2. The summed E-state index contributed by atoms with van der Waals surface area (Å²) in [5.74, 6) is -0.314. The standard InChI is InChI=1S/C20H14ClFN2O2S/c21-18-13-20-14(10-11-24(20)16-8-6-15(22)7-9-16)12-19(18)23-27(25,26)17-4-2-1-3-5-17/h1-13,23H. The number of anilines is 1. The van der Waals surface area contributed by atoms with Crippen molar-refractivity contribution in [2.45, 2.75) is 4.90 Å². The number of nitrogens with one attached hydrogen (secondary N) is 1. The third-order valence-electron chi connectivity index (χ3n) is 4.18. The Balaban J connectivity index is 1.74. The molecule has 0 radical (unpaired) electrons. The second-order valence-corrected chi connectivity index (χ2v) is 8.06. The minimum absolute atomic E-state index is 0.157. The van der Waals surface area contributed by atoms with Crippen molar-refractivity contribution in [2.24, 2.45) is 0 Å². The Hall–Kier alpha value is -2.83. The predicted octanol–water partition coefficient (Wildman–Crippen LogP) is 5.22. The van der Waals surface area contributed by atoms with E-state index in [1.165, 1.54) is 24.3 Å². The van der Waals surface area contributed by atoms with Crippen LogP contribution in [-0.4, -0.2) is 13.0 Å². The topological polar surface area (TPSA) is 51.1 Å². The van der Waals surface area contributed by atoms with Crippen LogP contribution in [0.5, 0.6) is 0 Å². The van der Waals surface area contributed by atoms with Gasteiger partial charge in [0.05, 0.1) is 21.1 Å². The van der Waals surface area contributed by atoms with E-state index in [1.807, 2.05) is 16.8 Å². The lowest BCUT2D eigenvalue weighted by Crippen LogP contribution is -2.13. The second kappa shape index (κ2) is 6.72. The van der Waals surface area contributed by atoms with Gasteiger partial charge in [0.25, 0.3) is 10.0 Å². The molecular weight excluding hydrogens is 387 g/mol. The fourth-order valence-corrected chi connectivity index (χ4v) is 4.22. The van der Waals surface area contributed by atoms with Crippen molar-refractivity contribution >= 4 is 38.2 Å². The average molecular weight is 401 g/mol. The number of rotatable bonds is 4. The molecule has 0 atom stereocenters. The highest BCUT2D eigenvalue weighted by Crippen LogP contribution is 2.32. The first kappa shape index (κ1) is 17.6. The molecule has 0 aliphatic carbocycles. The zero-order valence-electron chi connectivity index (χ0n) is 13.9. The van der Waals surface area contributed by atoms with Gasteiger partial charge >= 0.3 is 0 Å². The molecule has 27 heavy (non-hydrogen) atoms. The minimum atomic E-state index is -3.74. The summed E-state index contributed by atoms with van der Waals surface area (Å²) in [5.41, 5.74) is 1.86. The number of benzene rings is 3. The van der Waals surface area contributed by atoms with Crippen LogP contribution >= 0.6 is 11.6 Å². The van der Waals surface area contributed by atoms with Crippen LogP contribution in [0.1, 0.15) is 0 Å². The Bertz CT molecular complexity index is 1220. The first-order valence-corrected chi connectivity index (χ1v) is 9.94. The van der Waals surface area contributed by atoms with Crippen molar-refractivity contribution in [3.8, 4) is 5.69 Å². The van der Waals surface area contributed by atoms with E-state index in [0.29, 0.717) is 5.69 Å². The number of fused-ring (bicyclic) bond motifs is 1. The summed E-state index contributed by atoms with van der Waals surface area (Å²) in [7, 11) is -3.74. The molecule has 0 aliphatic heterocycles. The third kappa shape index (κ3) is 3.41. The maximum Gasteiger partial charge on any atom is 0.261 e. The second-order valence-electron chi connectivity index (χ2n) is 5.97. The van der Waals surface area contributed by atoms with Crippen molar-refractivity contribution in [1.82, 2.24) is 4.57 Å². The normalized spacial score (nSPS) is 11.6. The van der Waals surface area contributed by atoms with Gasteiger partial charge in [-0.15, -0.1) is 0 Å². The molecule has 0 amide bonds. The summed E-state index contributed by atoms with van der Waals surface area (Å²) in [6.45, 7) is 0. The molecular formula is C20H14ClFN2O2S. The van der Waals surface area contributed by atoms with Crippen LogP contribution in [0.15, 0.2) is 83.9 Å². The average Bonchev–Trinajstić information content (AvgIpc) is 3.06. The summed E-state index contributed by atoms with van der Waals surface area (Å²) >= 11 is 6.34. The fourth-order valence-electron chi connectivity index (χ4n) is 2.87. The summed E-state index contributed by atoms with van der Waals surface area (Å²) in [6.07, 6.45) is 1.82. The smallest absolute Gasteiger partial charge is 0.261 e. The Morgan fingerprint density at radius 3 is 2.33 bits per heavy atom. The molecule has 0 fully saturated rings. The molecule has 0 saturated heterocycles. The Morgan fingerprint density at radius 1 is 0.926 bits per heavy atom. The molecule has 0 spiro atoms. The van der Waals surface area contributed by atoms with E-state index in [9.17, 15) is 12.8 Å². The maximum absolute atomic E-state index is 13.2. The number of hydrogen-bond acceptors (Lipinski definition) is 2. The highest BCUT2D eigenvalue weighted by molar-refractivity contribution is 7.92. The van der Waals surface area contributed by atoms with Crippen LogP contribution in [0.3, 0.4) is 0 Å². The zero-order chi connectivity index (χ0) is 19.0.